The molecule has 3 rings (SSSR count). The lowest BCUT2D eigenvalue weighted by Gasteiger charge is -2.34. The SMILES string of the molecule is COCCn1nnnc1C1(N(C)C)CCN(C(=O)c2ccc(OC(F)(F)F)cc2)C1. The van der Waals surface area contributed by atoms with E-state index in [0.29, 0.717) is 38.5 Å². The van der Waals surface area contributed by atoms with Gasteiger partial charge in [-0.3, -0.25) is 9.69 Å². The largest absolute Gasteiger partial charge is 0.573 e. The summed E-state index contributed by atoms with van der Waals surface area (Å²) >= 11 is 0. The fourth-order valence-electron chi connectivity index (χ4n) is 3.56. The van der Waals surface area contributed by atoms with Crippen LogP contribution < -0.4 is 4.74 Å². The number of carbonyl (C=O) groups excluding carboxylic acids is 1. The lowest BCUT2D eigenvalue weighted by molar-refractivity contribution is -0.274. The minimum atomic E-state index is -4.78. The van der Waals surface area contributed by atoms with Crippen molar-refractivity contribution in [2.45, 2.75) is 24.9 Å². The molecule has 1 saturated heterocycles. The number of benzene rings is 1. The Morgan fingerprint density at radius 3 is 2.57 bits per heavy atom. The molecule has 1 fully saturated rings. The van der Waals surface area contributed by atoms with Crippen molar-refractivity contribution in [3.05, 3.63) is 35.7 Å². The molecule has 2 heterocycles. The molecule has 0 N–H and O–H groups in total. The fourth-order valence-corrected chi connectivity index (χ4v) is 3.56. The Balaban J connectivity index is 1.78. The molecule has 0 aliphatic carbocycles. The van der Waals surface area contributed by atoms with Gasteiger partial charge in [-0.25, -0.2) is 4.68 Å². The molecule has 1 aliphatic rings. The molecule has 1 unspecified atom stereocenters. The van der Waals surface area contributed by atoms with E-state index in [1.807, 2.05) is 19.0 Å². The number of ether oxygens (including phenoxy) is 2. The highest BCUT2D eigenvalue weighted by Crippen LogP contribution is 2.36. The van der Waals surface area contributed by atoms with Crippen LogP contribution in [0.1, 0.15) is 22.6 Å². The standard InChI is InChI=1S/C18H23F3N6O3/c1-25(2)17(16-22-23-24-27(16)10-11-29-3)8-9-26(12-17)15(28)13-4-6-14(7-5-13)30-18(19,20)21/h4-7H,8-12H2,1-3H3. The van der Waals surface area contributed by atoms with Crippen molar-refractivity contribution in [2.75, 3.05) is 40.9 Å². The summed E-state index contributed by atoms with van der Waals surface area (Å²) in [5, 5.41) is 12.0. The molecule has 1 amide bonds. The predicted molar refractivity (Wildman–Crippen MR) is 98.7 cm³/mol. The zero-order valence-corrected chi connectivity index (χ0v) is 16.9. The van der Waals surface area contributed by atoms with Crippen LogP contribution in [-0.4, -0.2) is 83.2 Å². The summed E-state index contributed by atoms with van der Waals surface area (Å²) in [7, 11) is 5.38. The van der Waals surface area contributed by atoms with Gasteiger partial charge in [0.05, 0.1) is 13.2 Å². The molecule has 1 aromatic carbocycles. The van der Waals surface area contributed by atoms with Crippen molar-refractivity contribution in [1.82, 2.24) is 30.0 Å². The van der Waals surface area contributed by atoms with Gasteiger partial charge in [0.25, 0.3) is 5.91 Å². The van der Waals surface area contributed by atoms with Gasteiger partial charge in [-0.05, 0) is 55.2 Å². The van der Waals surface area contributed by atoms with Crippen LogP contribution >= 0.6 is 0 Å². The number of hydrogen-bond donors (Lipinski definition) is 0. The van der Waals surface area contributed by atoms with Gasteiger partial charge >= 0.3 is 6.36 Å². The minimum absolute atomic E-state index is 0.276. The van der Waals surface area contributed by atoms with E-state index in [0.717, 1.165) is 12.1 Å². The Morgan fingerprint density at radius 2 is 1.97 bits per heavy atom. The van der Waals surface area contributed by atoms with E-state index in [-0.39, 0.29) is 17.2 Å². The molecule has 1 atom stereocenters. The first kappa shape index (κ1) is 22.0. The quantitative estimate of drug-likeness (QED) is 0.661. The molecule has 2 aromatic rings. The monoisotopic (exact) mass is 428 g/mol. The molecule has 9 nitrogen and oxygen atoms in total. The van der Waals surface area contributed by atoms with Crippen molar-refractivity contribution in [2.24, 2.45) is 0 Å². The third-order valence-electron chi connectivity index (χ3n) is 5.18. The average molecular weight is 428 g/mol. The second-order valence-corrected chi connectivity index (χ2v) is 7.19. The Hall–Kier alpha value is -2.73. The van der Waals surface area contributed by atoms with E-state index in [2.05, 4.69) is 20.3 Å². The molecular formula is C18H23F3N6O3. The number of hydrogen-bond acceptors (Lipinski definition) is 7. The maximum Gasteiger partial charge on any atom is 0.573 e. The average Bonchev–Trinajstić information content (AvgIpc) is 3.33. The first-order chi connectivity index (χ1) is 14.2. The number of likely N-dealkylation sites (tertiary alicyclic amines) is 1. The van der Waals surface area contributed by atoms with Crippen LogP contribution in [0.4, 0.5) is 13.2 Å². The molecular weight excluding hydrogens is 405 g/mol. The summed E-state index contributed by atoms with van der Waals surface area (Å²) in [5.41, 5.74) is -0.315. The zero-order chi connectivity index (χ0) is 21.9. The molecule has 1 aliphatic heterocycles. The van der Waals surface area contributed by atoms with E-state index in [9.17, 15) is 18.0 Å². The van der Waals surface area contributed by atoms with Crippen LogP contribution in [0, 0.1) is 0 Å². The molecule has 164 valence electrons. The molecule has 0 bridgehead atoms. The smallest absolute Gasteiger partial charge is 0.406 e. The number of aromatic nitrogens is 4. The van der Waals surface area contributed by atoms with Gasteiger partial charge in [0, 0.05) is 25.8 Å². The molecule has 1 aromatic heterocycles. The molecule has 0 saturated carbocycles. The summed E-state index contributed by atoms with van der Waals surface area (Å²) in [4.78, 5) is 16.6. The minimum Gasteiger partial charge on any atom is -0.406 e. The lowest BCUT2D eigenvalue weighted by Crippen LogP contribution is -2.47. The molecule has 12 heteroatoms. The van der Waals surface area contributed by atoms with Crippen LogP contribution in [0.15, 0.2) is 24.3 Å². The van der Waals surface area contributed by atoms with Gasteiger partial charge in [-0.15, -0.1) is 18.3 Å². The van der Waals surface area contributed by atoms with Crippen LogP contribution in [0.5, 0.6) is 5.75 Å². The van der Waals surface area contributed by atoms with Gasteiger partial charge < -0.3 is 14.4 Å². The fraction of sp³-hybridized carbons (Fsp3) is 0.556. The van der Waals surface area contributed by atoms with Crippen molar-refractivity contribution >= 4 is 5.91 Å². The Bertz CT molecular complexity index is 871. The Labute approximate surface area is 171 Å². The van der Waals surface area contributed by atoms with Gasteiger partial charge in [-0.2, -0.15) is 0 Å². The maximum atomic E-state index is 12.9. The number of tetrazole rings is 1. The van der Waals surface area contributed by atoms with E-state index in [4.69, 9.17) is 4.74 Å². The van der Waals surface area contributed by atoms with Crippen molar-refractivity contribution in [3.8, 4) is 5.75 Å². The number of likely N-dealkylation sites (N-methyl/N-ethyl adjacent to an activating group) is 1. The summed E-state index contributed by atoms with van der Waals surface area (Å²) in [6.45, 7) is 1.71. The lowest BCUT2D eigenvalue weighted by atomic mass is 9.96. The van der Waals surface area contributed by atoms with E-state index >= 15 is 0 Å². The first-order valence-corrected chi connectivity index (χ1v) is 9.24. The van der Waals surface area contributed by atoms with Crippen molar-refractivity contribution in [1.29, 1.82) is 0 Å². The predicted octanol–water partition coefficient (Wildman–Crippen LogP) is 1.52. The normalized spacial score (nSPS) is 19.5. The number of nitrogens with zero attached hydrogens (tertiary/aromatic N) is 6. The van der Waals surface area contributed by atoms with Gasteiger partial charge in [0.2, 0.25) is 0 Å². The summed E-state index contributed by atoms with van der Waals surface area (Å²) < 4.78 is 47.6. The maximum absolute atomic E-state index is 12.9. The number of halogens is 3. The van der Waals surface area contributed by atoms with Gasteiger partial charge in [-0.1, -0.05) is 0 Å². The highest BCUT2D eigenvalue weighted by atomic mass is 19.4. The number of methoxy groups -OCH3 is 1. The molecule has 0 spiro atoms. The highest BCUT2D eigenvalue weighted by Gasteiger charge is 2.47. The van der Waals surface area contributed by atoms with Gasteiger partial charge in [0.1, 0.15) is 11.3 Å². The van der Waals surface area contributed by atoms with Crippen molar-refractivity contribution < 1.29 is 27.4 Å². The molecule has 0 radical (unpaired) electrons. The van der Waals surface area contributed by atoms with Crippen LogP contribution in [0.2, 0.25) is 0 Å². The Morgan fingerprint density at radius 1 is 1.27 bits per heavy atom. The molecule has 30 heavy (non-hydrogen) atoms. The topological polar surface area (TPSA) is 85.6 Å². The second-order valence-electron chi connectivity index (χ2n) is 7.19. The van der Waals surface area contributed by atoms with Crippen LogP contribution in [-0.2, 0) is 16.8 Å². The highest BCUT2D eigenvalue weighted by molar-refractivity contribution is 5.94. The summed E-state index contributed by atoms with van der Waals surface area (Å²) in [6, 6.07) is 4.89. The number of rotatable bonds is 7. The zero-order valence-electron chi connectivity index (χ0n) is 16.9. The number of alkyl halides is 3. The van der Waals surface area contributed by atoms with E-state index in [1.165, 1.54) is 12.1 Å². The van der Waals surface area contributed by atoms with Crippen LogP contribution in [0.3, 0.4) is 0 Å². The van der Waals surface area contributed by atoms with E-state index in [1.54, 1.807) is 16.7 Å². The van der Waals surface area contributed by atoms with Crippen LogP contribution in [0.25, 0.3) is 0 Å². The third kappa shape index (κ3) is 4.54. The van der Waals surface area contributed by atoms with Crippen molar-refractivity contribution in [3.63, 3.8) is 0 Å². The second kappa shape index (κ2) is 8.56. The summed E-state index contributed by atoms with van der Waals surface area (Å²) in [5.74, 6) is -0.0256. The third-order valence-corrected chi connectivity index (χ3v) is 5.18. The van der Waals surface area contributed by atoms with E-state index < -0.39 is 11.9 Å². The number of amides is 1. The number of carbonyl (C=O) groups is 1. The van der Waals surface area contributed by atoms with Gasteiger partial charge in [0.15, 0.2) is 5.82 Å². The first-order valence-electron chi connectivity index (χ1n) is 9.24. The summed E-state index contributed by atoms with van der Waals surface area (Å²) in [6.07, 6.45) is -4.17. The Kier molecular flexibility index (Phi) is 6.27.